The quantitative estimate of drug-likeness (QED) is 0.275. The average Bonchev–Trinajstić information content (AvgIpc) is 2.72. The largest absolute Gasteiger partial charge is 0.488 e. The van der Waals surface area contributed by atoms with Gasteiger partial charge < -0.3 is 4.74 Å². The molecule has 0 spiro atoms. The molecule has 3 aromatic rings. The molecule has 0 aliphatic rings. The molecule has 3 aromatic carbocycles. The maximum Gasteiger partial charge on any atom is 0.181 e. The van der Waals surface area contributed by atoms with Crippen molar-refractivity contribution < 1.29 is 9.53 Å². The number of rotatable bonds is 7. The number of aryl methyl sites for hydroxylation is 1. The molecule has 138 valence electrons. The van der Waals surface area contributed by atoms with E-state index in [-0.39, 0.29) is 10.6 Å². The lowest BCUT2D eigenvalue weighted by Gasteiger charge is -2.18. The number of alkyl halides is 2. The molecular formula is C23H20Br2O2. The van der Waals surface area contributed by atoms with Crippen molar-refractivity contribution in [2.75, 3.05) is 0 Å². The Hall–Kier alpha value is -1.91. The third-order valence-electron chi connectivity index (χ3n) is 4.29. The van der Waals surface area contributed by atoms with Crippen LogP contribution in [0.5, 0.6) is 5.75 Å². The minimum atomic E-state index is -0.401. The Kier molecular flexibility index (Phi) is 6.86. The number of ether oxygens (including phenoxy) is 1. The van der Waals surface area contributed by atoms with Crippen molar-refractivity contribution in [2.45, 2.75) is 23.2 Å². The van der Waals surface area contributed by atoms with E-state index in [1.165, 1.54) is 5.56 Å². The number of hydrogen-bond acceptors (Lipinski definition) is 2. The molecule has 3 rings (SSSR count). The van der Waals surface area contributed by atoms with E-state index < -0.39 is 4.83 Å². The first kappa shape index (κ1) is 19.8. The second-order valence-corrected chi connectivity index (χ2v) is 8.32. The topological polar surface area (TPSA) is 26.3 Å². The Balaban J connectivity index is 1.76. The molecule has 0 aromatic heterocycles. The molecule has 0 amide bonds. The number of hydrogen-bond donors (Lipinski definition) is 0. The number of ketones is 1. The van der Waals surface area contributed by atoms with Crippen LogP contribution < -0.4 is 4.74 Å². The van der Waals surface area contributed by atoms with Crippen LogP contribution in [0, 0.1) is 6.92 Å². The molecule has 0 fully saturated rings. The summed E-state index contributed by atoms with van der Waals surface area (Å²) in [6.07, 6.45) is 0. The fourth-order valence-electron chi connectivity index (χ4n) is 2.73. The molecule has 0 aliphatic carbocycles. The second-order valence-electron chi connectivity index (χ2n) is 6.35. The van der Waals surface area contributed by atoms with Crippen molar-refractivity contribution >= 4 is 37.6 Å². The summed E-state index contributed by atoms with van der Waals surface area (Å²) in [6, 6.07) is 25.5. The van der Waals surface area contributed by atoms with Crippen molar-refractivity contribution in [1.29, 1.82) is 0 Å². The Bertz CT molecular complexity index is 892. The third-order valence-corrected chi connectivity index (χ3v) is 7.00. The number of Topliss-reactive ketones (excluding diaryl/α,β-unsaturated/α-hetero) is 1. The van der Waals surface area contributed by atoms with E-state index in [9.17, 15) is 4.79 Å². The summed E-state index contributed by atoms with van der Waals surface area (Å²) < 4.78 is 5.94. The van der Waals surface area contributed by atoms with Crippen LogP contribution in [0.1, 0.15) is 31.9 Å². The minimum Gasteiger partial charge on any atom is -0.488 e. The average molecular weight is 488 g/mol. The lowest BCUT2D eigenvalue weighted by molar-refractivity contribution is 0.0986. The highest BCUT2D eigenvalue weighted by Crippen LogP contribution is 2.35. The summed E-state index contributed by atoms with van der Waals surface area (Å²) in [4.78, 5) is 12.6. The fourth-order valence-corrected chi connectivity index (χ4v) is 3.83. The summed E-state index contributed by atoms with van der Waals surface area (Å²) in [6.45, 7) is 2.47. The van der Waals surface area contributed by atoms with Crippen molar-refractivity contribution in [2.24, 2.45) is 0 Å². The Labute approximate surface area is 176 Å². The Morgan fingerprint density at radius 3 is 2.22 bits per heavy atom. The zero-order valence-corrected chi connectivity index (χ0v) is 18.1. The first-order valence-electron chi connectivity index (χ1n) is 8.71. The van der Waals surface area contributed by atoms with Crippen LogP contribution >= 0.6 is 31.9 Å². The first-order chi connectivity index (χ1) is 13.1. The van der Waals surface area contributed by atoms with Gasteiger partial charge >= 0.3 is 0 Å². The molecule has 2 nitrogen and oxygen atoms in total. The number of halogens is 2. The number of para-hydroxylation sites is 1. The van der Waals surface area contributed by atoms with E-state index in [1.54, 1.807) is 0 Å². The highest BCUT2D eigenvalue weighted by Gasteiger charge is 2.28. The Morgan fingerprint density at radius 2 is 1.52 bits per heavy atom. The highest BCUT2D eigenvalue weighted by atomic mass is 79.9. The maximum absolute atomic E-state index is 13.1. The van der Waals surface area contributed by atoms with E-state index in [0.29, 0.717) is 17.9 Å². The van der Waals surface area contributed by atoms with Gasteiger partial charge in [-0.15, -0.1) is 0 Å². The molecule has 0 bridgehead atoms. The summed E-state index contributed by atoms with van der Waals surface area (Å²) in [5.41, 5.74) is 3.88. The third kappa shape index (κ3) is 5.08. The van der Waals surface area contributed by atoms with E-state index in [2.05, 4.69) is 31.9 Å². The van der Waals surface area contributed by atoms with Crippen LogP contribution in [0.2, 0.25) is 0 Å². The molecule has 0 heterocycles. The lowest BCUT2D eigenvalue weighted by Crippen LogP contribution is -2.20. The second kappa shape index (κ2) is 9.34. The van der Waals surface area contributed by atoms with Gasteiger partial charge in [-0.1, -0.05) is 104 Å². The fraction of sp³-hybridized carbons (Fsp3) is 0.174. The predicted molar refractivity (Wildman–Crippen MR) is 117 cm³/mol. The summed E-state index contributed by atoms with van der Waals surface area (Å²) in [5.74, 6) is 0.584. The molecule has 0 saturated carbocycles. The van der Waals surface area contributed by atoms with Gasteiger partial charge in [-0.05, 0) is 30.2 Å². The monoisotopic (exact) mass is 486 g/mol. The zero-order chi connectivity index (χ0) is 19.2. The lowest BCUT2D eigenvalue weighted by atomic mass is 10.0. The molecule has 0 saturated heterocycles. The van der Waals surface area contributed by atoms with Crippen LogP contribution in [0.3, 0.4) is 0 Å². The first-order valence-corrected chi connectivity index (χ1v) is 10.5. The van der Waals surface area contributed by atoms with Gasteiger partial charge in [-0.2, -0.15) is 0 Å². The molecule has 0 aliphatic heterocycles. The van der Waals surface area contributed by atoms with Crippen molar-refractivity contribution in [1.82, 2.24) is 0 Å². The van der Waals surface area contributed by atoms with Crippen molar-refractivity contribution in [3.63, 3.8) is 0 Å². The van der Waals surface area contributed by atoms with Crippen molar-refractivity contribution in [3.8, 4) is 5.75 Å². The van der Waals surface area contributed by atoms with E-state index >= 15 is 0 Å². The molecule has 0 N–H and O–H groups in total. The minimum absolute atomic E-state index is 0.0129. The van der Waals surface area contributed by atoms with Gasteiger partial charge in [0.15, 0.2) is 5.78 Å². The van der Waals surface area contributed by atoms with Gasteiger partial charge in [-0.3, -0.25) is 4.79 Å². The Morgan fingerprint density at radius 1 is 0.889 bits per heavy atom. The molecule has 4 heteroatoms. The standard InChI is InChI=1S/C23H20Br2O2/c1-16-11-13-18(14-12-16)21(24)22(25)23(26)19-9-5-6-10-20(19)27-15-17-7-3-2-4-8-17/h2-14,21-22H,15H2,1H3/t21-,22-/m1/s1. The number of benzene rings is 3. The molecular weight excluding hydrogens is 468 g/mol. The molecule has 2 atom stereocenters. The number of carbonyl (C=O) groups is 1. The van der Waals surface area contributed by atoms with Crippen molar-refractivity contribution in [3.05, 3.63) is 101 Å². The van der Waals surface area contributed by atoms with E-state index in [1.807, 2.05) is 85.8 Å². The SMILES string of the molecule is Cc1ccc([C@@H](Br)[C@@H](Br)C(=O)c2ccccc2OCc2ccccc2)cc1. The zero-order valence-electron chi connectivity index (χ0n) is 14.9. The van der Waals surface area contributed by atoms with Crippen LogP contribution in [0.15, 0.2) is 78.9 Å². The van der Waals surface area contributed by atoms with Gasteiger partial charge in [0, 0.05) is 0 Å². The van der Waals surface area contributed by atoms with Gasteiger partial charge in [0.2, 0.25) is 0 Å². The van der Waals surface area contributed by atoms with Gasteiger partial charge in [0.25, 0.3) is 0 Å². The van der Waals surface area contributed by atoms with E-state index in [0.717, 1.165) is 11.1 Å². The van der Waals surface area contributed by atoms with Crippen LogP contribution in [0.4, 0.5) is 0 Å². The normalized spacial score (nSPS) is 13.0. The molecule has 0 unspecified atom stereocenters. The highest BCUT2D eigenvalue weighted by molar-refractivity contribution is 9.12. The van der Waals surface area contributed by atoms with Crippen LogP contribution in [-0.4, -0.2) is 10.6 Å². The van der Waals surface area contributed by atoms with Gasteiger partial charge in [-0.25, -0.2) is 0 Å². The summed E-state index contributed by atoms with van der Waals surface area (Å²) in [7, 11) is 0. The summed E-state index contributed by atoms with van der Waals surface area (Å²) in [5, 5.41) is 0. The van der Waals surface area contributed by atoms with Gasteiger partial charge in [0.05, 0.1) is 15.2 Å². The molecule has 27 heavy (non-hydrogen) atoms. The molecule has 0 radical (unpaired) electrons. The van der Waals surface area contributed by atoms with Crippen LogP contribution in [-0.2, 0) is 6.61 Å². The van der Waals surface area contributed by atoms with Gasteiger partial charge in [0.1, 0.15) is 12.4 Å². The predicted octanol–water partition coefficient (Wildman–Crippen LogP) is 6.66. The maximum atomic E-state index is 13.1. The smallest absolute Gasteiger partial charge is 0.181 e. The van der Waals surface area contributed by atoms with E-state index in [4.69, 9.17) is 4.74 Å². The number of carbonyl (C=O) groups excluding carboxylic acids is 1. The van der Waals surface area contributed by atoms with Crippen LogP contribution in [0.25, 0.3) is 0 Å². The summed E-state index contributed by atoms with van der Waals surface area (Å²) >= 11 is 7.24.